The molecule has 2 aliphatic heterocycles. The molecule has 7 atom stereocenters. The molecule has 256 valence electrons. The second-order valence-electron chi connectivity index (χ2n) is 14.9. The summed E-state index contributed by atoms with van der Waals surface area (Å²) in [6.07, 6.45) is 6.80. The van der Waals surface area contributed by atoms with Crippen LogP contribution in [-0.2, 0) is 21.9 Å². The zero-order valence-electron chi connectivity index (χ0n) is 27.9. The van der Waals surface area contributed by atoms with Crippen LogP contribution >= 0.6 is 11.6 Å². The van der Waals surface area contributed by atoms with E-state index in [1.54, 1.807) is 13.0 Å². The number of hydrogen-bond donors (Lipinski definition) is 2. The quantitative estimate of drug-likeness (QED) is 0.290. The number of rotatable bonds is 2. The Bertz CT molecular complexity index is 1770. The average Bonchev–Trinajstić information content (AvgIpc) is 3.21. The Labute approximate surface area is 290 Å². The highest BCUT2D eigenvalue weighted by atomic mass is 35.5. The van der Waals surface area contributed by atoms with Crippen molar-refractivity contribution in [1.82, 2.24) is 4.72 Å². The fraction of sp³-hybridized carbons (Fsp3) is 0.513. The predicted octanol–water partition coefficient (Wildman–Crippen LogP) is 7.46. The molecule has 3 aromatic rings. The van der Waals surface area contributed by atoms with E-state index in [0.717, 1.165) is 67.8 Å². The van der Waals surface area contributed by atoms with Crippen molar-refractivity contribution >= 4 is 33.2 Å². The number of amides is 1. The summed E-state index contributed by atoms with van der Waals surface area (Å²) in [6, 6.07) is 21.5. The van der Waals surface area contributed by atoms with E-state index in [4.69, 9.17) is 16.3 Å². The Balaban J connectivity index is 1.30. The molecule has 2 aliphatic carbocycles. The summed E-state index contributed by atoms with van der Waals surface area (Å²) < 4.78 is 35.9. The number of anilines is 1. The molecule has 1 amide bonds. The maximum atomic E-state index is 13.5. The Morgan fingerprint density at radius 3 is 2.58 bits per heavy atom. The molecule has 0 unspecified atom stereocenters. The highest BCUT2D eigenvalue weighted by molar-refractivity contribution is 7.90. The minimum atomic E-state index is -3.92. The fourth-order valence-electron chi connectivity index (χ4n) is 8.92. The van der Waals surface area contributed by atoms with Gasteiger partial charge in [0, 0.05) is 29.1 Å². The van der Waals surface area contributed by atoms with Gasteiger partial charge in [-0.3, -0.25) is 4.79 Å². The first kappa shape index (κ1) is 33.4. The van der Waals surface area contributed by atoms with Gasteiger partial charge >= 0.3 is 0 Å². The van der Waals surface area contributed by atoms with E-state index in [1.807, 2.05) is 55.5 Å². The average molecular weight is 691 g/mol. The number of carbonyl (C=O) groups excluding carboxylic acids is 1. The van der Waals surface area contributed by atoms with Crippen LogP contribution in [-0.4, -0.2) is 44.4 Å². The van der Waals surface area contributed by atoms with E-state index in [0.29, 0.717) is 42.7 Å². The summed E-state index contributed by atoms with van der Waals surface area (Å²) in [5, 5.41) is 11.9. The van der Waals surface area contributed by atoms with Crippen LogP contribution in [0.5, 0.6) is 5.75 Å². The van der Waals surface area contributed by atoms with Crippen LogP contribution < -0.4 is 14.4 Å². The van der Waals surface area contributed by atoms with Crippen LogP contribution in [0.2, 0.25) is 5.02 Å². The molecule has 4 aliphatic rings. The van der Waals surface area contributed by atoms with Gasteiger partial charge in [0.1, 0.15) is 5.75 Å². The van der Waals surface area contributed by atoms with Gasteiger partial charge in [-0.15, -0.1) is 0 Å². The second-order valence-corrected chi connectivity index (χ2v) is 17.4. The molecule has 7 rings (SSSR count). The lowest BCUT2D eigenvalue weighted by atomic mass is 9.63. The summed E-state index contributed by atoms with van der Waals surface area (Å²) in [5.41, 5.74) is 4.32. The van der Waals surface area contributed by atoms with Crippen molar-refractivity contribution in [1.29, 1.82) is 0 Å². The van der Waals surface area contributed by atoms with Gasteiger partial charge in [0.25, 0.3) is 5.91 Å². The smallest absolute Gasteiger partial charge is 0.264 e. The number of nitrogens with one attached hydrogen (secondary N) is 1. The molecule has 1 fully saturated rings. The zero-order chi connectivity index (χ0) is 33.6. The first-order chi connectivity index (χ1) is 23.0. The molecule has 0 saturated heterocycles. The molecule has 48 heavy (non-hydrogen) atoms. The summed E-state index contributed by atoms with van der Waals surface area (Å²) in [4.78, 5) is 15.9. The first-order valence-corrected chi connectivity index (χ1v) is 19.6. The third-order valence-electron chi connectivity index (χ3n) is 12.0. The number of aliphatic hydroxyl groups is 1. The van der Waals surface area contributed by atoms with E-state index < -0.39 is 27.3 Å². The van der Waals surface area contributed by atoms with Crippen molar-refractivity contribution in [3.8, 4) is 5.75 Å². The Morgan fingerprint density at radius 1 is 1.00 bits per heavy atom. The number of hydrogen-bond acceptors (Lipinski definition) is 6. The number of fused-ring (bicyclic) bond motifs is 4. The van der Waals surface area contributed by atoms with Crippen molar-refractivity contribution in [2.45, 2.75) is 82.0 Å². The molecule has 9 heteroatoms. The molecule has 2 bridgehead atoms. The number of aliphatic hydroxyl groups excluding tert-OH is 1. The van der Waals surface area contributed by atoms with E-state index in [2.05, 4.69) is 21.8 Å². The molecule has 2 N–H and O–H groups in total. The van der Waals surface area contributed by atoms with Crippen molar-refractivity contribution in [3.05, 3.63) is 94.0 Å². The summed E-state index contributed by atoms with van der Waals surface area (Å²) in [7, 11) is -3.92. The van der Waals surface area contributed by atoms with Crippen LogP contribution in [0.25, 0.3) is 0 Å². The lowest BCUT2D eigenvalue weighted by Crippen LogP contribution is -2.49. The lowest BCUT2D eigenvalue weighted by molar-refractivity contribution is 0.000599. The highest BCUT2D eigenvalue weighted by Crippen LogP contribution is 2.50. The van der Waals surface area contributed by atoms with Crippen LogP contribution in [0.1, 0.15) is 91.9 Å². The first-order valence-electron chi connectivity index (χ1n) is 17.6. The Hall–Kier alpha value is -3.07. The number of aryl methyl sites for hydroxylation is 1. The normalized spacial score (nSPS) is 30.9. The number of halogens is 1. The van der Waals surface area contributed by atoms with Crippen LogP contribution in [0.4, 0.5) is 5.69 Å². The monoisotopic (exact) mass is 690 g/mol. The molecule has 1 saturated carbocycles. The van der Waals surface area contributed by atoms with Crippen LogP contribution in [0.15, 0.2) is 66.7 Å². The van der Waals surface area contributed by atoms with Gasteiger partial charge < -0.3 is 14.7 Å². The Morgan fingerprint density at radius 2 is 1.81 bits per heavy atom. The summed E-state index contributed by atoms with van der Waals surface area (Å²) >= 11 is 6.46. The molecule has 1 spiro atoms. The van der Waals surface area contributed by atoms with Gasteiger partial charge in [-0.2, -0.15) is 0 Å². The number of benzene rings is 3. The van der Waals surface area contributed by atoms with Gasteiger partial charge in [0.2, 0.25) is 10.0 Å². The van der Waals surface area contributed by atoms with Gasteiger partial charge in [0.05, 0.1) is 23.6 Å². The fourth-order valence-corrected chi connectivity index (χ4v) is 10.4. The lowest BCUT2D eigenvalue weighted by Gasteiger charge is -2.48. The van der Waals surface area contributed by atoms with Crippen molar-refractivity contribution < 1.29 is 23.1 Å². The van der Waals surface area contributed by atoms with E-state index in [-0.39, 0.29) is 17.3 Å². The van der Waals surface area contributed by atoms with E-state index in [1.165, 1.54) is 11.1 Å². The van der Waals surface area contributed by atoms with Gasteiger partial charge in [-0.1, -0.05) is 61.3 Å². The SMILES string of the molecule is C[C@@H]1[C@@H](C)CCC[C@@H]([C@H](O)c2ccccc2)[C@@H]2CC[C@H]2CN2C[C@@]3(CCCc4cc(Cl)ccc43)COc3ccc(cc32)C(=O)NS1(=O)=O. The van der Waals surface area contributed by atoms with Crippen LogP contribution in [0.3, 0.4) is 0 Å². The zero-order valence-corrected chi connectivity index (χ0v) is 29.5. The standard InChI is InChI=1S/C39H47ClN2O5S/c1-25-8-6-12-33(37(43)27-9-4-3-5-10-27)32-16-13-30(32)22-42-23-39(19-7-11-28-20-31(40)15-17-34(28)39)24-47-36-18-14-29(21-35(36)42)38(44)41-48(45,46)26(25)2/h3-5,9-10,14-15,17-18,20-21,25-26,30,32-33,37,43H,6-8,11-13,16,19,22-24H2,1-2H3,(H,41,44)/t25-,26+,30-,32+,33+,37+,39-/m0/s1. The molecular weight excluding hydrogens is 644 g/mol. The second kappa shape index (κ2) is 13.3. The van der Waals surface area contributed by atoms with Gasteiger partial charge in [-0.05, 0) is 123 Å². The minimum Gasteiger partial charge on any atom is -0.490 e. The van der Waals surface area contributed by atoms with Crippen molar-refractivity contribution in [2.24, 2.45) is 23.7 Å². The minimum absolute atomic E-state index is 0.0541. The van der Waals surface area contributed by atoms with E-state index >= 15 is 0 Å². The van der Waals surface area contributed by atoms with Gasteiger partial charge in [-0.25, -0.2) is 13.1 Å². The molecule has 0 aromatic heterocycles. The molecule has 2 heterocycles. The topological polar surface area (TPSA) is 95.9 Å². The number of carbonyl (C=O) groups is 1. The number of ether oxygens (including phenoxy) is 1. The summed E-state index contributed by atoms with van der Waals surface area (Å²) in [5.74, 6) is 0.651. The van der Waals surface area contributed by atoms with Crippen molar-refractivity contribution in [3.63, 3.8) is 0 Å². The summed E-state index contributed by atoms with van der Waals surface area (Å²) in [6.45, 7) is 5.60. The number of nitrogens with zero attached hydrogens (tertiary/aromatic N) is 1. The Kier molecular flexibility index (Phi) is 9.28. The molecule has 7 nitrogen and oxygen atoms in total. The predicted molar refractivity (Wildman–Crippen MR) is 190 cm³/mol. The van der Waals surface area contributed by atoms with Crippen molar-refractivity contribution in [2.75, 3.05) is 24.6 Å². The number of sulfonamides is 1. The third-order valence-corrected chi connectivity index (χ3v) is 14.2. The van der Waals surface area contributed by atoms with Crippen LogP contribution in [0, 0.1) is 23.7 Å². The largest absolute Gasteiger partial charge is 0.490 e. The van der Waals surface area contributed by atoms with E-state index in [9.17, 15) is 18.3 Å². The molecule has 0 radical (unpaired) electrons. The van der Waals surface area contributed by atoms with Gasteiger partial charge in [0.15, 0.2) is 0 Å². The molecule has 3 aromatic carbocycles. The third kappa shape index (κ3) is 6.36. The maximum Gasteiger partial charge on any atom is 0.264 e. The maximum absolute atomic E-state index is 13.5. The molecular formula is C39H47ClN2O5S. The highest BCUT2D eigenvalue weighted by Gasteiger charge is 2.45.